The summed E-state index contributed by atoms with van der Waals surface area (Å²) in [6.45, 7) is 2.06. The highest BCUT2D eigenvalue weighted by molar-refractivity contribution is 9.10. The highest BCUT2D eigenvalue weighted by Crippen LogP contribution is 2.29. The lowest BCUT2D eigenvalue weighted by Gasteiger charge is -2.10. The minimum absolute atomic E-state index is 0.314. The number of esters is 1. The maximum Gasteiger partial charge on any atom is 0.338 e. The van der Waals surface area contributed by atoms with Crippen molar-refractivity contribution in [2.75, 3.05) is 12.3 Å². The molecule has 0 saturated heterocycles. The number of nitrogens with zero attached hydrogens (tertiary/aromatic N) is 1. The van der Waals surface area contributed by atoms with Crippen molar-refractivity contribution in [1.82, 2.24) is 4.98 Å². The minimum Gasteiger partial charge on any atom is -0.462 e. The number of rotatable bonds is 4. The van der Waals surface area contributed by atoms with E-state index in [4.69, 9.17) is 15.2 Å². The number of nitrogens with two attached hydrogens (primary N) is 1. The summed E-state index contributed by atoms with van der Waals surface area (Å²) in [7, 11) is 0. The van der Waals surface area contributed by atoms with Gasteiger partial charge in [-0.3, -0.25) is 4.98 Å². The molecule has 1 heterocycles. The van der Waals surface area contributed by atoms with Gasteiger partial charge in [0.05, 0.1) is 24.1 Å². The molecule has 0 aliphatic heterocycles. The number of aromatic nitrogens is 1. The number of carbonyl (C=O) groups excluding carboxylic acids is 1. The third-order valence-corrected chi connectivity index (χ3v) is 2.87. The van der Waals surface area contributed by atoms with E-state index in [1.807, 2.05) is 0 Å². The second-order valence-corrected chi connectivity index (χ2v) is 4.83. The lowest BCUT2D eigenvalue weighted by molar-refractivity contribution is 0.0526. The van der Waals surface area contributed by atoms with Gasteiger partial charge in [-0.25, -0.2) is 4.79 Å². The zero-order chi connectivity index (χ0) is 14.5. The van der Waals surface area contributed by atoms with Crippen LogP contribution in [0.15, 0.2) is 41.1 Å². The number of pyridine rings is 1. The fourth-order valence-corrected chi connectivity index (χ4v) is 1.88. The Bertz CT molecular complexity index is 632. The van der Waals surface area contributed by atoms with E-state index in [0.717, 1.165) is 4.47 Å². The number of halogens is 1. The molecule has 0 bridgehead atoms. The summed E-state index contributed by atoms with van der Waals surface area (Å²) < 4.78 is 11.4. The first kappa shape index (κ1) is 14.3. The molecule has 0 aliphatic carbocycles. The monoisotopic (exact) mass is 336 g/mol. The third-order valence-electron chi connectivity index (χ3n) is 2.43. The maximum absolute atomic E-state index is 11.7. The van der Waals surface area contributed by atoms with E-state index < -0.39 is 5.97 Å². The summed E-state index contributed by atoms with van der Waals surface area (Å²) in [5.74, 6) is 0.493. The number of hydrogen-bond acceptors (Lipinski definition) is 5. The minimum atomic E-state index is -0.412. The number of hydrogen-bond donors (Lipinski definition) is 1. The van der Waals surface area contributed by atoms with Crippen LogP contribution in [0.4, 0.5) is 5.69 Å². The quantitative estimate of drug-likeness (QED) is 0.684. The SMILES string of the molecule is CCOC(=O)c1ccc(N)c(Oc2cncc(Br)c2)c1. The zero-order valence-electron chi connectivity index (χ0n) is 10.8. The molecule has 2 N–H and O–H groups in total. The molecule has 0 saturated carbocycles. The van der Waals surface area contributed by atoms with Gasteiger partial charge in [-0.2, -0.15) is 0 Å². The van der Waals surface area contributed by atoms with E-state index in [1.165, 1.54) is 0 Å². The summed E-state index contributed by atoms with van der Waals surface area (Å²) in [6.07, 6.45) is 3.20. The lowest BCUT2D eigenvalue weighted by Crippen LogP contribution is -2.05. The van der Waals surface area contributed by atoms with Gasteiger partial charge in [0.1, 0.15) is 5.75 Å². The molecule has 20 heavy (non-hydrogen) atoms. The number of carbonyl (C=O) groups is 1. The summed E-state index contributed by atoms with van der Waals surface area (Å²) in [5, 5.41) is 0. The van der Waals surface area contributed by atoms with Gasteiger partial charge in [-0.15, -0.1) is 0 Å². The van der Waals surface area contributed by atoms with Crippen molar-refractivity contribution < 1.29 is 14.3 Å². The Hall–Kier alpha value is -2.08. The molecule has 0 aliphatic rings. The fraction of sp³-hybridized carbons (Fsp3) is 0.143. The molecule has 104 valence electrons. The van der Waals surface area contributed by atoms with Crippen molar-refractivity contribution in [3.63, 3.8) is 0 Å². The van der Waals surface area contributed by atoms with Crippen molar-refractivity contribution in [3.05, 3.63) is 46.7 Å². The number of nitrogen functional groups attached to an aromatic ring is 1. The summed E-state index contributed by atoms with van der Waals surface area (Å²) in [4.78, 5) is 15.7. The first-order chi connectivity index (χ1) is 9.60. The average molecular weight is 337 g/mol. The molecule has 2 rings (SSSR count). The molecular formula is C14H13BrN2O3. The molecule has 1 aromatic carbocycles. The van der Waals surface area contributed by atoms with Gasteiger partial charge >= 0.3 is 5.97 Å². The van der Waals surface area contributed by atoms with E-state index in [1.54, 1.807) is 43.6 Å². The Kier molecular flexibility index (Phi) is 4.57. The van der Waals surface area contributed by atoms with Gasteiger partial charge in [0, 0.05) is 10.7 Å². The van der Waals surface area contributed by atoms with Crippen LogP contribution < -0.4 is 10.5 Å². The van der Waals surface area contributed by atoms with Crippen LogP contribution in [0.2, 0.25) is 0 Å². The van der Waals surface area contributed by atoms with Crippen molar-refractivity contribution in [1.29, 1.82) is 0 Å². The normalized spacial score (nSPS) is 10.1. The lowest BCUT2D eigenvalue weighted by atomic mass is 10.2. The predicted octanol–water partition coefficient (Wildman–Crippen LogP) is 3.40. The second kappa shape index (κ2) is 6.38. The topological polar surface area (TPSA) is 74.4 Å². The molecular weight excluding hydrogens is 324 g/mol. The molecule has 1 aromatic heterocycles. The van der Waals surface area contributed by atoms with Gasteiger partial charge in [0.25, 0.3) is 0 Å². The molecule has 5 nitrogen and oxygen atoms in total. The number of anilines is 1. The molecule has 0 spiro atoms. The molecule has 0 unspecified atom stereocenters. The van der Waals surface area contributed by atoms with Crippen molar-refractivity contribution in [2.24, 2.45) is 0 Å². The first-order valence-electron chi connectivity index (χ1n) is 5.95. The van der Waals surface area contributed by atoms with Crippen molar-refractivity contribution in [3.8, 4) is 11.5 Å². The van der Waals surface area contributed by atoms with E-state index >= 15 is 0 Å². The van der Waals surface area contributed by atoms with Gasteiger partial charge in [0.2, 0.25) is 0 Å². The zero-order valence-corrected chi connectivity index (χ0v) is 12.4. The fourth-order valence-electron chi connectivity index (χ4n) is 1.54. The Morgan fingerprint density at radius 1 is 1.35 bits per heavy atom. The van der Waals surface area contributed by atoms with Gasteiger partial charge < -0.3 is 15.2 Å². The molecule has 6 heteroatoms. The highest BCUT2D eigenvalue weighted by Gasteiger charge is 2.11. The van der Waals surface area contributed by atoms with Crippen LogP contribution in [0, 0.1) is 0 Å². The van der Waals surface area contributed by atoms with Crippen molar-refractivity contribution >= 4 is 27.6 Å². The smallest absolute Gasteiger partial charge is 0.338 e. The molecule has 0 amide bonds. The molecule has 0 atom stereocenters. The third kappa shape index (κ3) is 3.48. The Labute approximate surface area is 124 Å². The van der Waals surface area contributed by atoms with E-state index in [2.05, 4.69) is 20.9 Å². The Morgan fingerprint density at radius 2 is 2.15 bits per heavy atom. The second-order valence-electron chi connectivity index (χ2n) is 3.91. The van der Waals surface area contributed by atoms with Crippen LogP contribution in [-0.4, -0.2) is 17.6 Å². The van der Waals surface area contributed by atoms with Crippen LogP contribution >= 0.6 is 15.9 Å². The van der Waals surface area contributed by atoms with E-state index in [9.17, 15) is 4.79 Å². The summed E-state index contributed by atoms with van der Waals surface area (Å²) in [5.41, 5.74) is 6.66. The summed E-state index contributed by atoms with van der Waals surface area (Å²) in [6, 6.07) is 6.50. The van der Waals surface area contributed by atoms with Crippen LogP contribution in [0.1, 0.15) is 17.3 Å². The standard InChI is InChI=1S/C14H13BrN2O3/c1-2-19-14(18)9-3-4-12(16)13(5-9)20-11-6-10(15)7-17-8-11/h3-8H,2,16H2,1H3. The Balaban J connectivity index is 2.27. The van der Waals surface area contributed by atoms with Crippen molar-refractivity contribution in [2.45, 2.75) is 6.92 Å². The molecule has 0 radical (unpaired) electrons. The average Bonchev–Trinajstić information content (AvgIpc) is 2.41. The Morgan fingerprint density at radius 3 is 2.85 bits per heavy atom. The van der Waals surface area contributed by atoms with Crippen LogP contribution in [0.25, 0.3) is 0 Å². The predicted molar refractivity (Wildman–Crippen MR) is 78.8 cm³/mol. The molecule has 2 aromatic rings. The maximum atomic E-state index is 11.7. The number of benzene rings is 1. The highest BCUT2D eigenvalue weighted by atomic mass is 79.9. The van der Waals surface area contributed by atoms with E-state index in [-0.39, 0.29) is 0 Å². The van der Waals surface area contributed by atoms with Crippen LogP contribution in [-0.2, 0) is 4.74 Å². The van der Waals surface area contributed by atoms with Gasteiger partial charge in [-0.1, -0.05) is 0 Å². The van der Waals surface area contributed by atoms with E-state index in [0.29, 0.717) is 29.4 Å². The van der Waals surface area contributed by atoms with Crippen LogP contribution in [0.5, 0.6) is 11.5 Å². The van der Waals surface area contributed by atoms with Crippen LogP contribution in [0.3, 0.4) is 0 Å². The number of ether oxygens (including phenoxy) is 2. The van der Waals surface area contributed by atoms with Gasteiger partial charge in [-0.05, 0) is 47.1 Å². The first-order valence-corrected chi connectivity index (χ1v) is 6.74. The largest absolute Gasteiger partial charge is 0.462 e. The summed E-state index contributed by atoms with van der Waals surface area (Å²) >= 11 is 3.30. The molecule has 0 fully saturated rings. The van der Waals surface area contributed by atoms with Gasteiger partial charge in [0.15, 0.2) is 5.75 Å².